The Morgan fingerprint density at radius 3 is 1.75 bits per heavy atom. The van der Waals surface area contributed by atoms with Crippen LogP contribution in [0.3, 0.4) is 0 Å². The number of halogens is 7. The van der Waals surface area contributed by atoms with Gasteiger partial charge in [0, 0.05) is 0 Å². The summed E-state index contributed by atoms with van der Waals surface area (Å²) in [4.78, 5) is 10.9. The average molecular weight is 570 g/mol. The second-order valence-corrected chi connectivity index (χ2v) is 6.74. The summed E-state index contributed by atoms with van der Waals surface area (Å²) in [6, 6.07) is 2.50. The molecule has 2 rings (SSSR count). The molecule has 0 radical (unpaired) electrons. The van der Waals surface area contributed by atoms with E-state index in [0.717, 1.165) is 0 Å². The summed E-state index contributed by atoms with van der Waals surface area (Å²) in [6.07, 6.45) is 0. The molecule has 0 aliphatic rings. The minimum absolute atomic E-state index is 0.0348. The molecule has 0 aliphatic carbocycles. The van der Waals surface area contributed by atoms with Crippen molar-refractivity contribution < 1.29 is 36.6 Å². The molecule has 2 aromatic rings. The SMILES string of the molecule is O=C(O)c1cc(I)c(OCc2c(F)c(F)c(F)c(F)c2F)c(I)c1. The van der Waals surface area contributed by atoms with Gasteiger partial charge in [-0.3, -0.25) is 0 Å². The van der Waals surface area contributed by atoms with Gasteiger partial charge in [-0.25, -0.2) is 26.7 Å². The molecule has 0 atom stereocenters. The van der Waals surface area contributed by atoms with Crippen LogP contribution in [-0.2, 0) is 6.61 Å². The Hall–Kier alpha value is -1.18. The average Bonchev–Trinajstić information content (AvgIpc) is 2.52. The largest absolute Gasteiger partial charge is 0.486 e. The van der Waals surface area contributed by atoms with E-state index in [1.54, 1.807) is 45.2 Å². The third-order valence-corrected chi connectivity index (χ3v) is 4.51. The normalized spacial score (nSPS) is 10.8. The lowest BCUT2D eigenvalue weighted by Gasteiger charge is -2.13. The van der Waals surface area contributed by atoms with Gasteiger partial charge in [0.15, 0.2) is 23.3 Å². The van der Waals surface area contributed by atoms with Gasteiger partial charge in [0.05, 0.1) is 18.3 Å². The fraction of sp³-hybridized carbons (Fsp3) is 0.0714. The van der Waals surface area contributed by atoms with Crippen molar-refractivity contribution in [2.45, 2.75) is 6.61 Å². The van der Waals surface area contributed by atoms with Crippen molar-refractivity contribution in [2.75, 3.05) is 0 Å². The van der Waals surface area contributed by atoms with Gasteiger partial charge >= 0.3 is 5.97 Å². The van der Waals surface area contributed by atoms with E-state index in [0.29, 0.717) is 7.14 Å². The van der Waals surface area contributed by atoms with E-state index in [4.69, 9.17) is 9.84 Å². The molecule has 0 saturated carbocycles. The summed E-state index contributed by atoms with van der Waals surface area (Å²) in [6.45, 7) is -0.912. The van der Waals surface area contributed by atoms with Crippen LogP contribution in [0.25, 0.3) is 0 Å². The van der Waals surface area contributed by atoms with Crippen molar-refractivity contribution >= 4 is 51.2 Å². The monoisotopic (exact) mass is 570 g/mol. The highest BCUT2D eigenvalue weighted by molar-refractivity contribution is 14.1. The molecule has 0 bridgehead atoms. The van der Waals surface area contributed by atoms with Gasteiger partial charge in [-0.2, -0.15) is 0 Å². The second kappa shape index (κ2) is 7.37. The molecule has 0 saturated heterocycles. The molecule has 2 aromatic carbocycles. The Labute approximate surface area is 159 Å². The summed E-state index contributed by atoms with van der Waals surface area (Å²) in [5.74, 6) is -11.4. The molecule has 0 unspecified atom stereocenters. The Kier molecular flexibility index (Phi) is 5.88. The van der Waals surface area contributed by atoms with E-state index in [1.807, 2.05) is 0 Å². The van der Waals surface area contributed by atoms with E-state index < -0.39 is 47.2 Å². The maximum absolute atomic E-state index is 13.6. The molecule has 0 spiro atoms. The zero-order valence-corrected chi connectivity index (χ0v) is 15.6. The standard InChI is InChI=1S/C14H5F5I2O3/c15-8-5(9(16)11(18)12(19)10(8)17)3-24-13-6(20)1-4(14(22)23)2-7(13)21/h1-2H,3H2,(H,22,23). The van der Waals surface area contributed by atoms with Crippen LogP contribution in [0.15, 0.2) is 12.1 Å². The van der Waals surface area contributed by atoms with Crippen molar-refractivity contribution in [3.63, 3.8) is 0 Å². The summed E-state index contributed by atoms with van der Waals surface area (Å²) in [5.41, 5.74) is -1.15. The number of carbonyl (C=O) groups is 1. The molecule has 0 fully saturated rings. The maximum atomic E-state index is 13.6. The lowest BCUT2D eigenvalue weighted by molar-refractivity contribution is 0.0696. The topological polar surface area (TPSA) is 46.5 Å². The number of benzene rings is 2. The van der Waals surface area contributed by atoms with E-state index in [-0.39, 0.29) is 11.3 Å². The lowest BCUT2D eigenvalue weighted by atomic mass is 10.2. The highest BCUT2D eigenvalue weighted by Gasteiger charge is 2.26. The van der Waals surface area contributed by atoms with Crippen molar-refractivity contribution in [1.82, 2.24) is 0 Å². The fourth-order valence-electron chi connectivity index (χ4n) is 1.74. The third kappa shape index (κ3) is 3.58. The van der Waals surface area contributed by atoms with Gasteiger partial charge in [-0.1, -0.05) is 0 Å². The Morgan fingerprint density at radius 1 is 0.917 bits per heavy atom. The molecular formula is C14H5F5I2O3. The Bertz CT molecular complexity index is 790. The number of aromatic carboxylic acids is 1. The number of carboxylic acid groups (broad SMARTS) is 1. The molecule has 0 aliphatic heterocycles. The van der Waals surface area contributed by atoms with Crippen LogP contribution in [0.5, 0.6) is 5.75 Å². The van der Waals surface area contributed by atoms with Gasteiger partial charge < -0.3 is 9.84 Å². The zero-order valence-electron chi connectivity index (χ0n) is 11.3. The number of hydrogen-bond donors (Lipinski definition) is 1. The number of hydrogen-bond acceptors (Lipinski definition) is 2. The highest BCUT2D eigenvalue weighted by atomic mass is 127. The molecule has 128 valence electrons. The van der Waals surface area contributed by atoms with Crippen molar-refractivity contribution in [3.8, 4) is 5.75 Å². The molecule has 10 heteroatoms. The summed E-state index contributed by atoms with van der Waals surface area (Å²) < 4.78 is 72.2. The first kappa shape index (κ1) is 19.1. The van der Waals surface area contributed by atoms with Gasteiger partial charge in [0.2, 0.25) is 5.82 Å². The minimum atomic E-state index is -2.25. The predicted molar refractivity (Wildman–Crippen MR) is 89.4 cm³/mol. The first-order chi connectivity index (χ1) is 11.1. The van der Waals surface area contributed by atoms with Crippen LogP contribution in [0.2, 0.25) is 0 Å². The van der Waals surface area contributed by atoms with Crippen LogP contribution >= 0.6 is 45.2 Å². The first-order valence-corrected chi connectivity index (χ1v) is 8.16. The van der Waals surface area contributed by atoms with Crippen molar-refractivity contribution in [2.24, 2.45) is 0 Å². The first-order valence-electron chi connectivity index (χ1n) is 6.00. The highest BCUT2D eigenvalue weighted by Crippen LogP contribution is 2.31. The van der Waals surface area contributed by atoms with E-state index in [2.05, 4.69) is 0 Å². The van der Waals surface area contributed by atoms with Crippen LogP contribution in [0.1, 0.15) is 15.9 Å². The van der Waals surface area contributed by atoms with E-state index in [9.17, 15) is 26.7 Å². The Balaban J connectivity index is 2.38. The van der Waals surface area contributed by atoms with E-state index >= 15 is 0 Å². The quantitative estimate of drug-likeness (QED) is 0.247. The molecule has 0 aromatic heterocycles. The zero-order chi connectivity index (χ0) is 18.2. The molecule has 24 heavy (non-hydrogen) atoms. The minimum Gasteiger partial charge on any atom is -0.486 e. The molecule has 0 heterocycles. The third-order valence-electron chi connectivity index (χ3n) is 2.91. The van der Waals surface area contributed by atoms with Crippen LogP contribution in [-0.4, -0.2) is 11.1 Å². The number of ether oxygens (including phenoxy) is 1. The van der Waals surface area contributed by atoms with Crippen LogP contribution < -0.4 is 4.74 Å². The second-order valence-electron chi connectivity index (χ2n) is 4.41. The maximum Gasteiger partial charge on any atom is 0.335 e. The van der Waals surface area contributed by atoms with E-state index in [1.165, 1.54) is 12.1 Å². The fourth-order valence-corrected chi connectivity index (χ4v) is 3.82. The number of rotatable bonds is 4. The van der Waals surface area contributed by atoms with Gasteiger partial charge in [0.25, 0.3) is 0 Å². The smallest absolute Gasteiger partial charge is 0.335 e. The van der Waals surface area contributed by atoms with Crippen molar-refractivity contribution in [1.29, 1.82) is 0 Å². The Morgan fingerprint density at radius 2 is 1.33 bits per heavy atom. The van der Waals surface area contributed by atoms with Gasteiger partial charge in [0.1, 0.15) is 12.4 Å². The van der Waals surface area contributed by atoms with Gasteiger partial charge in [-0.15, -0.1) is 0 Å². The predicted octanol–water partition coefficient (Wildman–Crippen LogP) is 4.87. The number of carboxylic acids is 1. The van der Waals surface area contributed by atoms with Crippen LogP contribution in [0, 0.1) is 36.2 Å². The molecular weight excluding hydrogens is 565 g/mol. The molecule has 3 nitrogen and oxygen atoms in total. The lowest BCUT2D eigenvalue weighted by Crippen LogP contribution is -2.11. The van der Waals surface area contributed by atoms with Crippen LogP contribution in [0.4, 0.5) is 22.0 Å². The molecule has 1 N–H and O–H groups in total. The van der Waals surface area contributed by atoms with Crippen molar-refractivity contribution in [3.05, 3.63) is 59.5 Å². The summed E-state index contributed by atoms with van der Waals surface area (Å²) in [5, 5.41) is 8.93. The summed E-state index contributed by atoms with van der Waals surface area (Å²) in [7, 11) is 0. The summed E-state index contributed by atoms with van der Waals surface area (Å²) >= 11 is 3.47. The van der Waals surface area contributed by atoms with Gasteiger partial charge in [-0.05, 0) is 57.3 Å². The molecule has 0 amide bonds.